The third kappa shape index (κ3) is 4.70. The van der Waals surface area contributed by atoms with E-state index in [1.807, 2.05) is 0 Å². The first-order valence-electron chi connectivity index (χ1n) is 9.37. The molecule has 1 amide bonds. The molecule has 168 valence electrons. The number of rotatable bonds is 7. The number of hydrogen-bond acceptors (Lipinski definition) is 6. The lowest BCUT2D eigenvalue weighted by atomic mass is 10.1. The molecule has 1 atom stereocenters. The maximum absolute atomic E-state index is 13.2. The lowest BCUT2D eigenvalue weighted by Crippen LogP contribution is -2.37. The zero-order valence-corrected chi connectivity index (χ0v) is 17.5. The molecule has 9 nitrogen and oxygen atoms in total. The molecule has 2 N–H and O–H groups in total. The molecule has 4 rings (SSSR count). The van der Waals surface area contributed by atoms with Crippen LogP contribution >= 0.6 is 0 Å². The van der Waals surface area contributed by atoms with Gasteiger partial charge in [-0.1, -0.05) is 30.3 Å². The Kier molecular flexibility index (Phi) is 5.57. The van der Waals surface area contributed by atoms with Crippen molar-refractivity contribution in [1.29, 1.82) is 0 Å². The molecule has 0 aliphatic carbocycles. The smallest absolute Gasteiger partial charge is 0.395 e. The Bertz CT molecular complexity index is 1250. The second kappa shape index (κ2) is 8.20. The van der Waals surface area contributed by atoms with E-state index in [0.29, 0.717) is 5.56 Å². The molecule has 3 aromatic rings. The highest BCUT2D eigenvalue weighted by atomic mass is 32.2. The molecule has 1 aromatic heterocycles. The molecular formula is C20H18F2N4O5S. The molecule has 1 unspecified atom stereocenters. The lowest BCUT2D eigenvalue weighted by Gasteiger charge is -2.20. The van der Waals surface area contributed by atoms with Crippen LogP contribution in [0.2, 0.25) is 0 Å². The van der Waals surface area contributed by atoms with E-state index < -0.39 is 28.3 Å². The summed E-state index contributed by atoms with van der Waals surface area (Å²) in [4.78, 5) is 12.8. The van der Waals surface area contributed by atoms with E-state index in [1.54, 1.807) is 37.4 Å². The van der Waals surface area contributed by atoms with Gasteiger partial charge in [0.1, 0.15) is 4.90 Å². The Labute approximate surface area is 182 Å². The van der Waals surface area contributed by atoms with Crippen molar-refractivity contribution in [1.82, 2.24) is 19.8 Å². The fourth-order valence-corrected chi connectivity index (χ4v) is 4.11. The van der Waals surface area contributed by atoms with Gasteiger partial charge in [-0.15, -0.1) is 8.78 Å². The molecule has 0 fully saturated rings. The molecule has 1 aliphatic heterocycles. The van der Waals surface area contributed by atoms with Crippen LogP contribution in [0.5, 0.6) is 11.5 Å². The van der Waals surface area contributed by atoms with E-state index in [9.17, 15) is 22.0 Å². The maximum Gasteiger partial charge on any atom is 0.586 e. The molecule has 0 bridgehead atoms. The van der Waals surface area contributed by atoms with Gasteiger partial charge >= 0.3 is 6.29 Å². The quantitative estimate of drug-likeness (QED) is 0.555. The molecule has 1 aliphatic rings. The highest BCUT2D eigenvalue weighted by Crippen LogP contribution is 2.41. The van der Waals surface area contributed by atoms with Crippen LogP contribution in [0.15, 0.2) is 65.8 Å². The van der Waals surface area contributed by atoms with E-state index in [2.05, 4.69) is 24.6 Å². The van der Waals surface area contributed by atoms with Crippen LogP contribution in [0.4, 0.5) is 8.78 Å². The van der Waals surface area contributed by atoms with Crippen molar-refractivity contribution in [3.63, 3.8) is 0 Å². The van der Waals surface area contributed by atoms with Gasteiger partial charge in [-0.2, -0.15) is 5.10 Å². The van der Waals surface area contributed by atoms with Crippen LogP contribution in [-0.2, 0) is 17.1 Å². The fraction of sp³-hybridized carbons (Fsp3) is 0.200. The topological polar surface area (TPSA) is 112 Å². The van der Waals surface area contributed by atoms with Crippen molar-refractivity contribution in [3.8, 4) is 11.5 Å². The predicted octanol–water partition coefficient (Wildman–Crippen LogP) is 2.19. The van der Waals surface area contributed by atoms with Gasteiger partial charge in [-0.25, -0.2) is 13.1 Å². The Balaban J connectivity index is 1.52. The summed E-state index contributed by atoms with van der Waals surface area (Å²) >= 11 is 0. The SMILES string of the molecule is Cn1cc(S(=O)(=O)NCC(NC(=O)c2ccc3c(c2)OC(F)(F)O3)c2ccccc2)cn1. The zero-order valence-electron chi connectivity index (χ0n) is 16.7. The average molecular weight is 464 g/mol. The van der Waals surface area contributed by atoms with Gasteiger partial charge in [0, 0.05) is 25.4 Å². The van der Waals surface area contributed by atoms with Gasteiger partial charge in [0.2, 0.25) is 10.0 Å². The number of carbonyl (C=O) groups is 1. The number of nitrogens with one attached hydrogen (secondary N) is 2. The number of hydrogen-bond donors (Lipinski definition) is 2. The van der Waals surface area contributed by atoms with Gasteiger partial charge in [-0.05, 0) is 23.8 Å². The summed E-state index contributed by atoms with van der Waals surface area (Å²) in [6.45, 7) is -0.157. The minimum Gasteiger partial charge on any atom is -0.395 e. The summed E-state index contributed by atoms with van der Waals surface area (Å²) in [6.07, 6.45) is -1.24. The van der Waals surface area contributed by atoms with Crippen LogP contribution in [0, 0.1) is 0 Å². The largest absolute Gasteiger partial charge is 0.586 e. The van der Waals surface area contributed by atoms with Crippen molar-refractivity contribution in [2.45, 2.75) is 17.2 Å². The second-order valence-corrected chi connectivity index (χ2v) is 8.73. The normalized spacial score (nSPS) is 15.3. The van der Waals surface area contributed by atoms with Gasteiger partial charge in [-0.3, -0.25) is 9.48 Å². The highest BCUT2D eigenvalue weighted by molar-refractivity contribution is 7.89. The summed E-state index contributed by atoms with van der Waals surface area (Å²) in [5, 5.41) is 6.57. The first-order valence-corrected chi connectivity index (χ1v) is 10.9. The Hall–Kier alpha value is -3.51. The molecule has 0 saturated heterocycles. The molecule has 2 heterocycles. The number of carbonyl (C=O) groups excluding carboxylic acids is 1. The molecule has 0 radical (unpaired) electrons. The Morgan fingerprint density at radius 2 is 1.88 bits per heavy atom. The van der Waals surface area contributed by atoms with E-state index in [1.165, 1.54) is 29.2 Å². The third-order valence-electron chi connectivity index (χ3n) is 4.64. The van der Waals surface area contributed by atoms with Crippen molar-refractivity contribution in [2.24, 2.45) is 7.05 Å². The molecule has 12 heteroatoms. The summed E-state index contributed by atoms with van der Waals surface area (Å²) in [5.41, 5.74) is 0.683. The molecule has 0 saturated carbocycles. The highest BCUT2D eigenvalue weighted by Gasteiger charge is 2.43. The summed E-state index contributed by atoms with van der Waals surface area (Å²) in [5.74, 6) is -1.06. The number of halogens is 2. The third-order valence-corrected chi connectivity index (χ3v) is 6.02. The number of fused-ring (bicyclic) bond motifs is 1. The minimum absolute atomic E-state index is 0.0187. The first kappa shape index (κ1) is 21.7. The van der Waals surface area contributed by atoms with E-state index in [4.69, 9.17) is 0 Å². The Morgan fingerprint density at radius 3 is 2.56 bits per heavy atom. The second-order valence-electron chi connectivity index (χ2n) is 6.97. The summed E-state index contributed by atoms with van der Waals surface area (Å²) in [6, 6.07) is 11.6. The van der Waals surface area contributed by atoms with Crippen LogP contribution in [-0.4, -0.2) is 36.9 Å². The number of ether oxygens (including phenoxy) is 2. The molecule has 2 aromatic carbocycles. The van der Waals surface area contributed by atoms with Crippen molar-refractivity contribution >= 4 is 15.9 Å². The van der Waals surface area contributed by atoms with Gasteiger partial charge in [0.05, 0.1) is 12.2 Å². The number of amides is 1. The van der Waals surface area contributed by atoms with Gasteiger partial charge in [0.15, 0.2) is 11.5 Å². The number of nitrogens with zero attached hydrogens (tertiary/aromatic N) is 2. The minimum atomic E-state index is -3.87. The van der Waals surface area contributed by atoms with Crippen molar-refractivity contribution in [2.75, 3.05) is 6.54 Å². The van der Waals surface area contributed by atoms with Crippen molar-refractivity contribution in [3.05, 3.63) is 72.1 Å². The van der Waals surface area contributed by atoms with E-state index in [-0.39, 0.29) is 28.5 Å². The summed E-state index contributed by atoms with van der Waals surface area (Å²) in [7, 11) is -2.28. The lowest BCUT2D eigenvalue weighted by molar-refractivity contribution is -0.286. The first-order chi connectivity index (χ1) is 15.1. The Morgan fingerprint density at radius 1 is 1.16 bits per heavy atom. The standard InChI is InChI=1S/C20H18F2N4O5S/c1-26-12-15(10-23-26)32(28,29)24-11-16(13-5-3-2-4-6-13)25-19(27)14-7-8-17-18(9-14)31-20(21,22)30-17/h2-10,12,16,24H,11H2,1H3,(H,25,27). The fourth-order valence-electron chi connectivity index (χ4n) is 3.08. The van der Waals surface area contributed by atoms with E-state index >= 15 is 0 Å². The van der Waals surface area contributed by atoms with Crippen LogP contribution in [0.1, 0.15) is 22.0 Å². The number of benzene rings is 2. The van der Waals surface area contributed by atoms with Crippen molar-refractivity contribution < 1.29 is 31.5 Å². The monoisotopic (exact) mass is 464 g/mol. The average Bonchev–Trinajstić information content (AvgIpc) is 3.32. The number of aromatic nitrogens is 2. The molecule has 0 spiro atoms. The number of sulfonamides is 1. The van der Waals surface area contributed by atoms with Gasteiger partial charge < -0.3 is 14.8 Å². The molecular weight excluding hydrogens is 446 g/mol. The van der Waals surface area contributed by atoms with Crippen LogP contribution < -0.4 is 19.5 Å². The summed E-state index contributed by atoms with van der Waals surface area (Å²) < 4.78 is 64.1. The van der Waals surface area contributed by atoms with Crippen LogP contribution in [0.3, 0.4) is 0 Å². The zero-order chi connectivity index (χ0) is 22.9. The number of alkyl halides is 2. The maximum atomic E-state index is 13.2. The van der Waals surface area contributed by atoms with E-state index in [0.717, 1.165) is 6.07 Å². The predicted molar refractivity (Wildman–Crippen MR) is 108 cm³/mol. The van der Waals surface area contributed by atoms with Crippen LogP contribution in [0.25, 0.3) is 0 Å². The molecule has 32 heavy (non-hydrogen) atoms. The number of aryl methyl sites for hydroxylation is 1. The van der Waals surface area contributed by atoms with Gasteiger partial charge in [0.25, 0.3) is 5.91 Å².